The zero-order valence-electron chi connectivity index (χ0n) is 16.5. The van der Waals surface area contributed by atoms with Crippen molar-refractivity contribution in [1.82, 2.24) is 4.48 Å². The van der Waals surface area contributed by atoms with Crippen LogP contribution >= 0.6 is 0 Å². The first-order chi connectivity index (χ1) is 13.8. The van der Waals surface area contributed by atoms with Gasteiger partial charge in [-0.05, 0) is 13.3 Å². The predicted octanol–water partition coefficient (Wildman–Crippen LogP) is 7.86. The molecular weight excluding hydrogens is 338 g/mol. The Morgan fingerprint density at radius 1 is 0.536 bits per heavy atom. The summed E-state index contributed by atoms with van der Waals surface area (Å²) in [6.07, 6.45) is 0.988. The number of para-hydroxylation sites is 4. The van der Waals surface area contributed by atoms with Crippen LogP contribution in [0.15, 0.2) is 109 Å². The SMILES string of the molecule is CCc1ccccc1[N+](c1ccccc1)(c1ccccc1)c1ccccc1C. The average molecular weight is 365 g/mol. The summed E-state index contributed by atoms with van der Waals surface area (Å²) in [7, 11) is 0. The molecule has 0 heterocycles. The third-order valence-electron chi connectivity index (χ3n) is 5.50. The standard InChI is InChI=1S/C27H26N/c1-3-23-15-11-13-21-27(23)28(24-16-6-4-7-17-24,25-18-8-5-9-19-25)26-20-12-10-14-22(26)2/h4-21H,3H2,1-2H3/q+1. The molecule has 0 saturated carbocycles. The van der Waals surface area contributed by atoms with E-state index in [4.69, 9.17) is 0 Å². The molecule has 1 heteroatoms. The lowest BCUT2D eigenvalue weighted by Gasteiger charge is -2.39. The molecule has 0 spiro atoms. The normalized spacial score (nSPS) is 11.4. The summed E-state index contributed by atoms with van der Waals surface area (Å²) in [5.74, 6) is 0. The zero-order chi connectivity index (χ0) is 19.4. The first-order valence-electron chi connectivity index (χ1n) is 9.93. The van der Waals surface area contributed by atoms with Crippen molar-refractivity contribution in [2.45, 2.75) is 20.3 Å². The van der Waals surface area contributed by atoms with Crippen LogP contribution in [0, 0.1) is 6.92 Å². The largest absolute Gasteiger partial charge is 0.194 e. The van der Waals surface area contributed by atoms with E-state index >= 15 is 0 Å². The minimum Gasteiger partial charge on any atom is -0.194 e. The molecule has 0 saturated heterocycles. The Morgan fingerprint density at radius 2 is 1.00 bits per heavy atom. The van der Waals surface area contributed by atoms with Gasteiger partial charge in [0.05, 0.1) is 0 Å². The molecule has 0 fully saturated rings. The summed E-state index contributed by atoms with van der Waals surface area (Å²) in [5, 5.41) is 0. The van der Waals surface area contributed by atoms with Gasteiger partial charge in [-0.25, -0.2) is 0 Å². The second-order valence-corrected chi connectivity index (χ2v) is 7.11. The lowest BCUT2D eigenvalue weighted by atomic mass is 9.99. The van der Waals surface area contributed by atoms with Crippen LogP contribution in [0.2, 0.25) is 0 Å². The maximum Gasteiger partial charge on any atom is 0.151 e. The van der Waals surface area contributed by atoms with Crippen molar-refractivity contribution >= 4 is 22.7 Å². The predicted molar refractivity (Wildman–Crippen MR) is 121 cm³/mol. The highest BCUT2D eigenvalue weighted by molar-refractivity contribution is 5.84. The van der Waals surface area contributed by atoms with Crippen LogP contribution in [0.1, 0.15) is 18.1 Å². The monoisotopic (exact) mass is 364 g/mol. The molecule has 0 aliphatic heterocycles. The molecule has 0 unspecified atom stereocenters. The summed E-state index contributed by atoms with van der Waals surface area (Å²) in [5.41, 5.74) is 7.70. The van der Waals surface area contributed by atoms with E-state index in [0.717, 1.165) is 6.42 Å². The van der Waals surface area contributed by atoms with Crippen molar-refractivity contribution < 1.29 is 0 Å². The lowest BCUT2D eigenvalue weighted by Crippen LogP contribution is -2.34. The van der Waals surface area contributed by atoms with Crippen molar-refractivity contribution in [3.8, 4) is 0 Å². The highest BCUT2D eigenvalue weighted by Crippen LogP contribution is 2.53. The third-order valence-corrected chi connectivity index (χ3v) is 5.50. The van der Waals surface area contributed by atoms with Gasteiger partial charge in [0.25, 0.3) is 0 Å². The van der Waals surface area contributed by atoms with Gasteiger partial charge in [-0.2, -0.15) is 4.48 Å². The van der Waals surface area contributed by atoms with Gasteiger partial charge in [0, 0.05) is 47.5 Å². The Morgan fingerprint density at radius 3 is 1.54 bits per heavy atom. The van der Waals surface area contributed by atoms with E-state index in [-0.39, 0.29) is 0 Å². The van der Waals surface area contributed by atoms with Gasteiger partial charge >= 0.3 is 0 Å². The first kappa shape index (κ1) is 18.2. The van der Waals surface area contributed by atoms with Crippen LogP contribution in [0.25, 0.3) is 0 Å². The summed E-state index contributed by atoms with van der Waals surface area (Å²) in [6, 6.07) is 39.3. The van der Waals surface area contributed by atoms with Crippen LogP contribution in [0.5, 0.6) is 0 Å². The van der Waals surface area contributed by atoms with Crippen molar-refractivity contribution in [1.29, 1.82) is 0 Å². The van der Waals surface area contributed by atoms with E-state index in [1.165, 1.54) is 33.9 Å². The minimum absolute atomic E-state index is 0.582. The molecule has 0 bridgehead atoms. The van der Waals surface area contributed by atoms with Crippen LogP contribution in [-0.2, 0) is 6.42 Å². The van der Waals surface area contributed by atoms with Gasteiger partial charge in [-0.15, -0.1) is 0 Å². The Labute approximate surface area is 168 Å². The van der Waals surface area contributed by atoms with Gasteiger partial charge in [0.2, 0.25) is 0 Å². The second kappa shape index (κ2) is 7.84. The number of hydrogen-bond acceptors (Lipinski definition) is 0. The average Bonchev–Trinajstić information content (AvgIpc) is 2.77. The lowest BCUT2D eigenvalue weighted by molar-refractivity contribution is 0.691. The van der Waals surface area contributed by atoms with E-state index in [2.05, 4.69) is 123 Å². The summed E-state index contributed by atoms with van der Waals surface area (Å²) in [4.78, 5) is 0. The molecule has 4 aromatic carbocycles. The fraction of sp³-hybridized carbons (Fsp3) is 0.111. The molecule has 0 aliphatic rings. The van der Waals surface area contributed by atoms with E-state index < -0.39 is 0 Å². The molecule has 1 nitrogen and oxygen atoms in total. The van der Waals surface area contributed by atoms with Crippen LogP contribution in [0.4, 0.5) is 22.7 Å². The van der Waals surface area contributed by atoms with Gasteiger partial charge < -0.3 is 0 Å². The highest BCUT2D eigenvalue weighted by Gasteiger charge is 2.41. The van der Waals surface area contributed by atoms with E-state index in [1.807, 2.05) is 0 Å². The third kappa shape index (κ3) is 2.94. The number of quaternary nitrogens is 1. The minimum atomic E-state index is 0.582. The molecule has 0 amide bonds. The maximum atomic E-state index is 2.28. The van der Waals surface area contributed by atoms with Gasteiger partial charge in [-0.1, -0.05) is 79.7 Å². The van der Waals surface area contributed by atoms with E-state index in [1.54, 1.807) is 0 Å². The van der Waals surface area contributed by atoms with Gasteiger partial charge in [0.1, 0.15) is 11.4 Å². The Kier molecular flexibility index (Phi) is 5.10. The molecule has 138 valence electrons. The molecule has 4 rings (SSSR count). The molecule has 0 atom stereocenters. The number of aryl methyl sites for hydroxylation is 2. The van der Waals surface area contributed by atoms with Crippen LogP contribution in [0.3, 0.4) is 0 Å². The highest BCUT2D eigenvalue weighted by atomic mass is 15.4. The number of nitrogens with zero attached hydrogens (tertiary/aromatic N) is 1. The number of rotatable bonds is 5. The molecule has 0 N–H and O–H groups in total. The molecule has 28 heavy (non-hydrogen) atoms. The van der Waals surface area contributed by atoms with Gasteiger partial charge in [0.15, 0.2) is 11.4 Å². The maximum absolute atomic E-state index is 2.28. The Balaban J connectivity index is 2.21. The van der Waals surface area contributed by atoms with Crippen molar-refractivity contribution in [3.05, 3.63) is 120 Å². The van der Waals surface area contributed by atoms with Crippen molar-refractivity contribution in [2.75, 3.05) is 0 Å². The zero-order valence-corrected chi connectivity index (χ0v) is 16.5. The summed E-state index contributed by atoms with van der Waals surface area (Å²) < 4.78 is 0.582. The summed E-state index contributed by atoms with van der Waals surface area (Å²) >= 11 is 0. The molecule has 0 radical (unpaired) electrons. The fourth-order valence-electron chi connectivity index (χ4n) is 4.22. The van der Waals surface area contributed by atoms with Gasteiger partial charge in [-0.3, -0.25) is 0 Å². The molecular formula is C27H26N+. The fourth-order valence-corrected chi connectivity index (χ4v) is 4.22. The molecule has 0 aliphatic carbocycles. The smallest absolute Gasteiger partial charge is 0.151 e. The molecule has 0 aromatic heterocycles. The van der Waals surface area contributed by atoms with E-state index in [0.29, 0.717) is 4.48 Å². The van der Waals surface area contributed by atoms with E-state index in [9.17, 15) is 0 Å². The van der Waals surface area contributed by atoms with Crippen LogP contribution in [-0.4, -0.2) is 0 Å². The Bertz CT molecular complexity index is 1010. The first-order valence-corrected chi connectivity index (χ1v) is 9.93. The van der Waals surface area contributed by atoms with Crippen molar-refractivity contribution in [3.63, 3.8) is 0 Å². The number of benzene rings is 4. The summed E-state index contributed by atoms with van der Waals surface area (Å²) in [6.45, 7) is 4.45. The molecule has 4 aromatic rings. The topological polar surface area (TPSA) is 0 Å². The second-order valence-electron chi connectivity index (χ2n) is 7.11. The number of hydrogen-bond donors (Lipinski definition) is 0. The van der Waals surface area contributed by atoms with Crippen LogP contribution < -0.4 is 4.48 Å². The Hall–Kier alpha value is -3.16. The quantitative estimate of drug-likeness (QED) is 0.316. The van der Waals surface area contributed by atoms with Crippen molar-refractivity contribution in [2.24, 2.45) is 0 Å².